The van der Waals surface area contributed by atoms with Gasteiger partial charge in [0.2, 0.25) is 0 Å². The Morgan fingerprint density at radius 3 is 2.41 bits per heavy atom. The molecule has 0 amide bonds. The number of aliphatic imine (C=N–C) groups is 1. The summed E-state index contributed by atoms with van der Waals surface area (Å²) in [5.41, 5.74) is 8.51. The minimum atomic E-state index is -0.0386. The standard InChI is InChI=1S/C17H29N3O.HI/c1-6-14-7-9-15(10-8-14)17(3,4)12-19-16(18)20-13(2)11-21-5;/h7-10,13H,6,11-12H2,1-5H3,(H3,18,19,20);1H. The molecule has 4 nitrogen and oxygen atoms in total. The Labute approximate surface area is 151 Å². The van der Waals surface area contributed by atoms with E-state index in [0.29, 0.717) is 19.1 Å². The van der Waals surface area contributed by atoms with Crippen LogP contribution in [0.15, 0.2) is 29.3 Å². The Hall–Kier alpha value is -0.820. The van der Waals surface area contributed by atoms with Gasteiger partial charge in [-0.15, -0.1) is 24.0 Å². The number of nitrogens with one attached hydrogen (secondary N) is 1. The van der Waals surface area contributed by atoms with Crippen LogP contribution in [0.1, 0.15) is 38.8 Å². The number of nitrogens with two attached hydrogens (primary N) is 1. The molecular weight excluding hydrogens is 389 g/mol. The van der Waals surface area contributed by atoms with E-state index in [1.54, 1.807) is 7.11 Å². The number of ether oxygens (including phenoxy) is 1. The molecule has 0 heterocycles. The van der Waals surface area contributed by atoms with Crippen LogP contribution in [0.25, 0.3) is 0 Å². The third kappa shape index (κ3) is 6.96. The summed E-state index contributed by atoms with van der Waals surface area (Å²) in [6.07, 6.45) is 1.06. The van der Waals surface area contributed by atoms with Crippen molar-refractivity contribution in [1.82, 2.24) is 5.32 Å². The van der Waals surface area contributed by atoms with Crippen LogP contribution in [0.4, 0.5) is 0 Å². The van der Waals surface area contributed by atoms with Crippen LogP contribution in [0, 0.1) is 0 Å². The van der Waals surface area contributed by atoms with Crippen LogP contribution >= 0.6 is 24.0 Å². The first-order chi connectivity index (χ1) is 9.89. The van der Waals surface area contributed by atoms with Crippen molar-refractivity contribution in [2.24, 2.45) is 10.7 Å². The van der Waals surface area contributed by atoms with Crippen molar-refractivity contribution in [3.8, 4) is 0 Å². The van der Waals surface area contributed by atoms with Gasteiger partial charge in [-0.2, -0.15) is 0 Å². The topological polar surface area (TPSA) is 59.6 Å². The van der Waals surface area contributed by atoms with Gasteiger partial charge in [0.25, 0.3) is 0 Å². The van der Waals surface area contributed by atoms with Gasteiger partial charge >= 0.3 is 0 Å². The summed E-state index contributed by atoms with van der Waals surface area (Å²) in [6.45, 7) is 9.81. The number of guanidine groups is 1. The lowest BCUT2D eigenvalue weighted by Gasteiger charge is -2.24. The van der Waals surface area contributed by atoms with Gasteiger partial charge in [0.05, 0.1) is 13.2 Å². The first-order valence-corrected chi connectivity index (χ1v) is 7.54. The average Bonchev–Trinajstić information content (AvgIpc) is 2.45. The van der Waals surface area contributed by atoms with Crippen LogP contribution < -0.4 is 11.1 Å². The van der Waals surface area contributed by atoms with Crippen molar-refractivity contribution in [2.45, 2.75) is 45.6 Å². The lowest BCUT2D eigenvalue weighted by molar-refractivity contribution is 0.179. The molecular formula is C17H30IN3O. The maximum Gasteiger partial charge on any atom is 0.188 e. The van der Waals surface area contributed by atoms with E-state index in [9.17, 15) is 0 Å². The number of nitrogens with zero attached hydrogens (tertiary/aromatic N) is 1. The predicted octanol–water partition coefficient (Wildman–Crippen LogP) is 3.08. The Kier molecular flexibility index (Phi) is 9.67. The number of hydrogen-bond acceptors (Lipinski definition) is 2. The fourth-order valence-corrected chi connectivity index (χ4v) is 2.16. The van der Waals surface area contributed by atoms with E-state index in [-0.39, 0.29) is 35.4 Å². The highest BCUT2D eigenvalue weighted by molar-refractivity contribution is 14.0. The summed E-state index contributed by atoms with van der Waals surface area (Å²) in [6, 6.07) is 8.90. The monoisotopic (exact) mass is 419 g/mol. The van der Waals surface area contributed by atoms with Crippen molar-refractivity contribution < 1.29 is 4.74 Å². The van der Waals surface area contributed by atoms with E-state index in [4.69, 9.17) is 10.5 Å². The van der Waals surface area contributed by atoms with Gasteiger partial charge in [0, 0.05) is 18.6 Å². The second kappa shape index (κ2) is 10.0. The molecule has 22 heavy (non-hydrogen) atoms. The molecule has 1 rings (SSSR count). The molecule has 0 saturated carbocycles. The number of methoxy groups -OCH3 is 1. The SMILES string of the molecule is CCc1ccc(C(C)(C)CN=C(N)NC(C)COC)cc1.I. The summed E-state index contributed by atoms with van der Waals surface area (Å²) < 4.78 is 5.07. The van der Waals surface area contributed by atoms with Crippen LogP contribution in [0.2, 0.25) is 0 Å². The van der Waals surface area contributed by atoms with Crippen LogP contribution in [-0.2, 0) is 16.6 Å². The molecule has 0 bridgehead atoms. The van der Waals surface area contributed by atoms with Gasteiger partial charge in [0.15, 0.2) is 5.96 Å². The molecule has 1 aromatic carbocycles. The van der Waals surface area contributed by atoms with Crippen molar-refractivity contribution in [2.75, 3.05) is 20.3 Å². The van der Waals surface area contributed by atoms with Gasteiger partial charge in [-0.3, -0.25) is 4.99 Å². The zero-order valence-corrected chi connectivity index (χ0v) is 16.7. The molecule has 0 spiro atoms. The van der Waals surface area contributed by atoms with Crippen molar-refractivity contribution >= 4 is 29.9 Å². The average molecular weight is 419 g/mol. The fraction of sp³-hybridized carbons (Fsp3) is 0.588. The molecule has 0 saturated heterocycles. The number of hydrogen-bond donors (Lipinski definition) is 2. The molecule has 0 aliphatic rings. The second-order valence-electron chi connectivity index (χ2n) is 6.14. The zero-order valence-electron chi connectivity index (χ0n) is 14.3. The number of aryl methyl sites for hydroxylation is 1. The molecule has 1 atom stereocenters. The first-order valence-electron chi connectivity index (χ1n) is 7.54. The molecule has 3 N–H and O–H groups in total. The maximum absolute atomic E-state index is 5.92. The molecule has 5 heteroatoms. The van der Waals surface area contributed by atoms with E-state index >= 15 is 0 Å². The third-order valence-electron chi connectivity index (χ3n) is 3.60. The lowest BCUT2D eigenvalue weighted by atomic mass is 9.84. The Morgan fingerprint density at radius 2 is 1.91 bits per heavy atom. The predicted molar refractivity (Wildman–Crippen MR) is 105 cm³/mol. The van der Waals surface area contributed by atoms with Gasteiger partial charge in [-0.1, -0.05) is 45.0 Å². The van der Waals surface area contributed by atoms with Crippen molar-refractivity contribution in [3.05, 3.63) is 35.4 Å². The Bertz CT molecular complexity index is 457. The van der Waals surface area contributed by atoms with E-state index in [1.165, 1.54) is 11.1 Å². The molecule has 0 radical (unpaired) electrons. The highest BCUT2D eigenvalue weighted by atomic mass is 127. The molecule has 0 aliphatic heterocycles. The summed E-state index contributed by atoms with van der Waals surface area (Å²) in [5, 5.41) is 3.13. The highest BCUT2D eigenvalue weighted by Crippen LogP contribution is 2.24. The third-order valence-corrected chi connectivity index (χ3v) is 3.60. The molecule has 1 unspecified atom stereocenters. The van der Waals surface area contributed by atoms with Gasteiger partial charge in [0.1, 0.15) is 0 Å². The quantitative estimate of drug-likeness (QED) is 0.406. The minimum absolute atomic E-state index is 0. The minimum Gasteiger partial charge on any atom is -0.383 e. The van der Waals surface area contributed by atoms with Gasteiger partial charge in [-0.25, -0.2) is 0 Å². The summed E-state index contributed by atoms with van der Waals surface area (Å²) in [7, 11) is 1.68. The second-order valence-corrected chi connectivity index (χ2v) is 6.14. The Balaban J connectivity index is 0.00000441. The van der Waals surface area contributed by atoms with E-state index in [2.05, 4.69) is 55.3 Å². The molecule has 126 valence electrons. The van der Waals surface area contributed by atoms with E-state index in [0.717, 1.165) is 6.42 Å². The number of halogens is 1. The largest absolute Gasteiger partial charge is 0.383 e. The maximum atomic E-state index is 5.92. The van der Waals surface area contributed by atoms with E-state index < -0.39 is 0 Å². The summed E-state index contributed by atoms with van der Waals surface area (Å²) in [4.78, 5) is 4.46. The lowest BCUT2D eigenvalue weighted by Crippen LogP contribution is -2.41. The Morgan fingerprint density at radius 1 is 1.32 bits per heavy atom. The summed E-state index contributed by atoms with van der Waals surface area (Å²) >= 11 is 0. The summed E-state index contributed by atoms with van der Waals surface area (Å²) in [5.74, 6) is 0.470. The van der Waals surface area contributed by atoms with E-state index in [1.807, 2.05) is 6.92 Å². The van der Waals surface area contributed by atoms with Crippen LogP contribution in [0.3, 0.4) is 0 Å². The molecule has 0 aliphatic carbocycles. The molecule has 1 aromatic rings. The molecule has 0 fully saturated rings. The fourth-order valence-electron chi connectivity index (χ4n) is 2.16. The van der Waals surface area contributed by atoms with Gasteiger partial charge in [-0.05, 0) is 24.5 Å². The first kappa shape index (κ1) is 21.2. The van der Waals surface area contributed by atoms with Gasteiger partial charge < -0.3 is 15.8 Å². The van der Waals surface area contributed by atoms with Crippen molar-refractivity contribution in [3.63, 3.8) is 0 Å². The number of rotatable bonds is 7. The van der Waals surface area contributed by atoms with Crippen molar-refractivity contribution in [1.29, 1.82) is 0 Å². The number of benzene rings is 1. The van der Waals surface area contributed by atoms with Crippen LogP contribution in [0.5, 0.6) is 0 Å². The highest BCUT2D eigenvalue weighted by Gasteiger charge is 2.20. The molecule has 0 aromatic heterocycles. The normalized spacial score (nSPS) is 13.4. The zero-order chi connectivity index (χ0) is 15.9. The van der Waals surface area contributed by atoms with Crippen LogP contribution in [-0.4, -0.2) is 32.3 Å². The smallest absolute Gasteiger partial charge is 0.188 e.